The quantitative estimate of drug-likeness (QED) is 0.360. The number of quaternary nitrogens is 1. The molecule has 0 aliphatic carbocycles. The van der Waals surface area contributed by atoms with Gasteiger partial charge in [0.15, 0.2) is 0 Å². The number of aromatic nitrogens is 1. The molecule has 9 nitrogen and oxygen atoms in total. The minimum atomic E-state index is -0.416. The standard InChI is InChI=1S/C21H20N5O4/c27-24(28)17-3-7-20(8-4-17)26(21-9-5-18(6-10-21)25(29)30)14-12-23(13-15-26)19-2-1-11-22-16-19/h1-11,16H,12-15H2/q+1. The lowest BCUT2D eigenvalue weighted by molar-refractivity contribution is -0.385. The molecular formula is C21H20N5O4+. The largest absolute Gasteiger partial charge is 0.359 e. The fourth-order valence-corrected chi connectivity index (χ4v) is 3.99. The summed E-state index contributed by atoms with van der Waals surface area (Å²) in [4.78, 5) is 27.7. The molecule has 0 unspecified atom stereocenters. The first-order chi connectivity index (χ1) is 14.5. The molecule has 0 N–H and O–H groups in total. The molecule has 2 heterocycles. The molecule has 0 amide bonds. The van der Waals surface area contributed by atoms with E-state index in [1.165, 1.54) is 24.3 Å². The van der Waals surface area contributed by atoms with Crippen LogP contribution in [-0.4, -0.2) is 41.0 Å². The summed E-state index contributed by atoms with van der Waals surface area (Å²) in [5.41, 5.74) is 2.95. The zero-order chi connectivity index (χ0) is 21.1. The molecule has 0 radical (unpaired) electrons. The van der Waals surface area contributed by atoms with Crippen molar-refractivity contribution in [3.05, 3.63) is 93.3 Å². The number of nitro benzene ring substituents is 2. The fourth-order valence-electron chi connectivity index (χ4n) is 3.99. The van der Waals surface area contributed by atoms with Gasteiger partial charge in [0, 0.05) is 54.7 Å². The predicted octanol–water partition coefficient (Wildman–Crippen LogP) is 4.06. The number of nitrogens with zero attached hydrogens (tertiary/aromatic N) is 5. The molecule has 2 aromatic carbocycles. The van der Waals surface area contributed by atoms with Crippen molar-refractivity contribution in [3.8, 4) is 0 Å². The number of non-ortho nitro benzene ring substituents is 2. The highest BCUT2D eigenvalue weighted by atomic mass is 16.6. The number of nitro groups is 2. The summed E-state index contributed by atoms with van der Waals surface area (Å²) in [6.07, 6.45) is 3.57. The Bertz CT molecular complexity index is 988. The molecule has 0 bridgehead atoms. The van der Waals surface area contributed by atoms with Crippen LogP contribution in [0.1, 0.15) is 0 Å². The minimum absolute atomic E-state index is 0.0367. The van der Waals surface area contributed by atoms with E-state index in [1.807, 2.05) is 18.3 Å². The Morgan fingerprint density at radius 2 is 1.30 bits per heavy atom. The van der Waals surface area contributed by atoms with Crippen LogP contribution in [0.5, 0.6) is 0 Å². The van der Waals surface area contributed by atoms with Gasteiger partial charge in [-0.15, -0.1) is 0 Å². The van der Waals surface area contributed by atoms with Gasteiger partial charge in [0.05, 0.1) is 34.8 Å². The third-order valence-electron chi connectivity index (χ3n) is 5.62. The van der Waals surface area contributed by atoms with Crippen molar-refractivity contribution in [2.45, 2.75) is 0 Å². The second-order valence-electron chi connectivity index (χ2n) is 7.16. The molecule has 1 fully saturated rings. The number of pyridine rings is 1. The fraction of sp³-hybridized carbons (Fsp3) is 0.190. The Labute approximate surface area is 172 Å². The normalized spacial score (nSPS) is 15.5. The highest BCUT2D eigenvalue weighted by Crippen LogP contribution is 2.38. The van der Waals surface area contributed by atoms with Crippen LogP contribution >= 0.6 is 0 Å². The van der Waals surface area contributed by atoms with E-state index in [9.17, 15) is 20.2 Å². The smallest absolute Gasteiger partial charge is 0.269 e. The minimum Gasteiger partial charge on any atom is -0.359 e. The second-order valence-corrected chi connectivity index (χ2v) is 7.16. The first-order valence-electron chi connectivity index (χ1n) is 9.52. The molecule has 1 aliphatic rings. The lowest BCUT2D eigenvalue weighted by Crippen LogP contribution is -2.57. The zero-order valence-corrected chi connectivity index (χ0v) is 16.1. The zero-order valence-electron chi connectivity index (χ0n) is 16.1. The Kier molecular flexibility index (Phi) is 5.11. The van der Waals surface area contributed by atoms with Crippen LogP contribution in [0.3, 0.4) is 0 Å². The van der Waals surface area contributed by atoms with E-state index in [0.29, 0.717) is 17.6 Å². The number of benzene rings is 2. The van der Waals surface area contributed by atoms with Crippen LogP contribution in [0.4, 0.5) is 28.4 Å². The summed E-state index contributed by atoms with van der Waals surface area (Å²) >= 11 is 0. The first-order valence-corrected chi connectivity index (χ1v) is 9.52. The maximum absolute atomic E-state index is 11.1. The van der Waals surface area contributed by atoms with Gasteiger partial charge in [-0.1, -0.05) is 0 Å². The molecule has 1 aromatic heterocycles. The monoisotopic (exact) mass is 406 g/mol. The predicted molar refractivity (Wildman–Crippen MR) is 114 cm³/mol. The number of hydrogen-bond donors (Lipinski definition) is 0. The highest BCUT2D eigenvalue weighted by molar-refractivity contribution is 5.63. The van der Waals surface area contributed by atoms with Crippen molar-refractivity contribution in [3.63, 3.8) is 0 Å². The summed E-state index contributed by atoms with van der Waals surface area (Å²) < 4.78 is 0.465. The van der Waals surface area contributed by atoms with E-state index in [2.05, 4.69) is 9.88 Å². The second kappa shape index (κ2) is 7.88. The van der Waals surface area contributed by atoms with Crippen LogP contribution in [0, 0.1) is 20.2 Å². The van der Waals surface area contributed by atoms with Crippen molar-refractivity contribution < 1.29 is 9.85 Å². The molecule has 1 aliphatic heterocycles. The maximum atomic E-state index is 11.1. The Morgan fingerprint density at radius 1 is 0.800 bits per heavy atom. The van der Waals surface area contributed by atoms with E-state index in [-0.39, 0.29) is 11.4 Å². The van der Waals surface area contributed by atoms with Crippen molar-refractivity contribution in [1.29, 1.82) is 0 Å². The molecule has 0 atom stereocenters. The van der Waals surface area contributed by atoms with Gasteiger partial charge in [-0.05, 0) is 12.1 Å². The van der Waals surface area contributed by atoms with Crippen LogP contribution in [0.25, 0.3) is 0 Å². The van der Waals surface area contributed by atoms with E-state index in [0.717, 1.165) is 30.2 Å². The maximum Gasteiger partial charge on any atom is 0.269 e. The Balaban J connectivity index is 1.70. The summed E-state index contributed by atoms with van der Waals surface area (Å²) in [5.74, 6) is 0. The number of rotatable bonds is 5. The molecule has 0 saturated carbocycles. The number of piperazine rings is 1. The van der Waals surface area contributed by atoms with Gasteiger partial charge >= 0.3 is 0 Å². The summed E-state index contributed by atoms with van der Waals surface area (Å²) in [7, 11) is 0. The SMILES string of the molecule is O=[N+]([O-])c1ccc([N+]2(c3ccc([N+](=O)[O-])cc3)CCN(c3cccnc3)CC2)cc1. The molecular weight excluding hydrogens is 386 g/mol. The Morgan fingerprint density at radius 3 is 1.70 bits per heavy atom. The van der Waals surface area contributed by atoms with Crippen molar-refractivity contribution >= 4 is 28.4 Å². The molecule has 4 rings (SSSR count). The van der Waals surface area contributed by atoms with E-state index in [1.54, 1.807) is 30.5 Å². The highest BCUT2D eigenvalue weighted by Gasteiger charge is 2.38. The van der Waals surface area contributed by atoms with Crippen molar-refractivity contribution in [2.75, 3.05) is 31.1 Å². The molecule has 1 saturated heterocycles. The molecule has 3 aromatic rings. The average molecular weight is 406 g/mol. The average Bonchev–Trinajstić information content (AvgIpc) is 2.80. The lowest BCUT2D eigenvalue weighted by Gasteiger charge is -2.44. The molecule has 9 heteroatoms. The third-order valence-corrected chi connectivity index (χ3v) is 5.62. The van der Waals surface area contributed by atoms with E-state index < -0.39 is 9.85 Å². The Hall–Kier alpha value is -3.85. The van der Waals surface area contributed by atoms with E-state index in [4.69, 9.17) is 0 Å². The van der Waals surface area contributed by atoms with Gasteiger partial charge in [0.2, 0.25) is 0 Å². The molecule has 30 heavy (non-hydrogen) atoms. The summed E-state index contributed by atoms with van der Waals surface area (Å²) in [6, 6.07) is 17.1. The van der Waals surface area contributed by atoms with Gasteiger partial charge in [0.1, 0.15) is 24.5 Å². The van der Waals surface area contributed by atoms with Gasteiger partial charge in [0.25, 0.3) is 11.4 Å². The van der Waals surface area contributed by atoms with E-state index >= 15 is 0 Å². The van der Waals surface area contributed by atoms with Crippen LogP contribution in [0.15, 0.2) is 73.1 Å². The van der Waals surface area contributed by atoms with Gasteiger partial charge in [-0.2, -0.15) is 0 Å². The van der Waals surface area contributed by atoms with Crippen LogP contribution in [0.2, 0.25) is 0 Å². The third kappa shape index (κ3) is 3.58. The topological polar surface area (TPSA) is 102 Å². The molecule has 0 spiro atoms. The first kappa shape index (κ1) is 19.5. The van der Waals surface area contributed by atoms with Crippen LogP contribution in [-0.2, 0) is 0 Å². The number of hydrogen-bond acceptors (Lipinski definition) is 6. The van der Waals surface area contributed by atoms with Gasteiger partial charge < -0.3 is 4.90 Å². The number of anilines is 1. The van der Waals surface area contributed by atoms with Gasteiger partial charge in [-0.3, -0.25) is 29.7 Å². The van der Waals surface area contributed by atoms with Crippen molar-refractivity contribution in [2.24, 2.45) is 0 Å². The van der Waals surface area contributed by atoms with Crippen LogP contribution < -0.4 is 9.38 Å². The van der Waals surface area contributed by atoms with Gasteiger partial charge in [-0.25, -0.2) is 0 Å². The summed E-state index contributed by atoms with van der Waals surface area (Å²) in [6.45, 7) is 2.92. The van der Waals surface area contributed by atoms with Crippen molar-refractivity contribution in [1.82, 2.24) is 9.47 Å². The summed E-state index contributed by atoms with van der Waals surface area (Å²) in [5, 5.41) is 22.1. The molecule has 152 valence electrons. The lowest BCUT2D eigenvalue weighted by atomic mass is 10.1.